The summed E-state index contributed by atoms with van der Waals surface area (Å²) in [6.45, 7) is 0. The first-order chi connectivity index (χ1) is 9.61. The quantitative estimate of drug-likeness (QED) is 0.582. The molecule has 3 aromatic rings. The highest BCUT2D eigenvalue weighted by Crippen LogP contribution is 2.29. The first-order valence-electron chi connectivity index (χ1n) is 5.69. The van der Waals surface area contributed by atoms with Crippen molar-refractivity contribution >= 4 is 38.1 Å². The van der Waals surface area contributed by atoms with Crippen molar-refractivity contribution < 1.29 is 9.31 Å². The van der Waals surface area contributed by atoms with E-state index in [-0.39, 0.29) is 11.5 Å². The monoisotopic (exact) mass is 289 g/mol. The van der Waals surface area contributed by atoms with E-state index < -0.39 is 4.92 Å². The highest BCUT2D eigenvalue weighted by Gasteiger charge is 2.07. The van der Waals surface area contributed by atoms with Crippen molar-refractivity contribution in [2.24, 2.45) is 0 Å². The number of benzene rings is 2. The molecule has 100 valence electrons. The lowest BCUT2D eigenvalue weighted by molar-refractivity contribution is -0.384. The van der Waals surface area contributed by atoms with E-state index in [0.717, 1.165) is 4.70 Å². The third-order valence-electron chi connectivity index (χ3n) is 2.68. The van der Waals surface area contributed by atoms with E-state index >= 15 is 0 Å². The Labute approximate surface area is 116 Å². The molecular weight excluding hydrogens is 281 g/mol. The van der Waals surface area contributed by atoms with Crippen LogP contribution in [0.4, 0.5) is 20.9 Å². The van der Waals surface area contributed by atoms with Gasteiger partial charge in [-0.25, -0.2) is 9.37 Å². The fourth-order valence-electron chi connectivity index (χ4n) is 1.74. The number of nitrogens with zero attached hydrogens (tertiary/aromatic N) is 2. The molecule has 0 saturated carbocycles. The molecule has 20 heavy (non-hydrogen) atoms. The Morgan fingerprint density at radius 1 is 1.20 bits per heavy atom. The lowest BCUT2D eigenvalue weighted by Crippen LogP contribution is -1.91. The fourth-order valence-corrected chi connectivity index (χ4v) is 2.65. The number of anilines is 2. The molecule has 1 aromatic heterocycles. The van der Waals surface area contributed by atoms with Gasteiger partial charge in [-0.15, -0.1) is 0 Å². The van der Waals surface area contributed by atoms with E-state index in [1.165, 1.54) is 35.6 Å². The number of halogens is 1. The Balaban J connectivity index is 1.87. The van der Waals surface area contributed by atoms with Gasteiger partial charge < -0.3 is 5.32 Å². The molecule has 0 aliphatic heterocycles. The molecule has 0 fully saturated rings. The number of fused-ring (bicyclic) bond motifs is 1. The van der Waals surface area contributed by atoms with Crippen molar-refractivity contribution in [3.05, 3.63) is 58.4 Å². The molecular formula is C13H8FN3O2S. The van der Waals surface area contributed by atoms with Crippen LogP contribution >= 0.6 is 11.3 Å². The van der Waals surface area contributed by atoms with Crippen LogP contribution in [0.25, 0.3) is 10.2 Å². The first-order valence-corrected chi connectivity index (χ1v) is 6.51. The number of non-ortho nitro benzene ring substituents is 1. The van der Waals surface area contributed by atoms with Crippen LogP contribution in [0.2, 0.25) is 0 Å². The first kappa shape index (κ1) is 12.5. The average molecular weight is 289 g/mol. The van der Waals surface area contributed by atoms with Gasteiger partial charge in [0.15, 0.2) is 5.13 Å². The molecule has 0 aliphatic carbocycles. The molecule has 0 bridgehead atoms. The van der Waals surface area contributed by atoms with Crippen LogP contribution in [0.1, 0.15) is 0 Å². The van der Waals surface area contributed by atoms with E-state index in [1.807, 2.05) is 0 Å². The summed E-state index contributed by atoms with van der Waals surface area (Å²) in [6.07, 6.45) is 0. The third-order valence-corrected chi connectivity index (χ3v) is 3.61. The number of nitro benzene ring substituents is 1. The van der Waals surface area contributed by atoms with Crippen molar-refractivity contribution in [2.75, 3.05) is 5.32 Å². The summed E-state index contributed by atoms with van der Waals surface area (Å²) in [5, 5.41) is 14.2. The summed E-state index contributed by atoms with van der Waals surface area (Å²) >= 11 is 1.32. The minimum atomic E-state index is -0.454. The van der Waals surface area contributed by atoms with Gasteiger partial charge in [-0.2, -0.15) is 0 Å². The van der Waals surface area contributed by atoms with E-state index in [9.17, 15) is 14.5 Å². The van der Waals surface area contributed by atoms with Crippen LogP contribution in [0, 0.1) is 15.9 Å². The van der Waals surface area contributed by atoms with Crippen LogP contribution in [0.5, 0.6) is 0 Å². The van der Waals surface area contributed by atoms with Crippen LogP contribution in [0.3, 0.4) is 0 Å². The SMILES string of the molecule is O=[N+]([O-])c1ccc(Nc2nc3ccc(F)cc3s2)cc1. The topological polar surface area (TPSA) is 68.1 Å². The zero-order valence-corrected chi connectivity index (χ0v) is 10.9. The van der Waals surface area contributed by atoms with Gasteiger partial charge in [0.1, 0.15) is 5.82 Å². The van der Waals surface area contributed by atoms with E-state index in [0.29, 0.717) is 16.3 Å². The van der Waals surface area contributed by atoms with Gasteiger partial charge in [-0.05, 0) is 30.3 Å². The lowest BCUT2D eigenvalue weighted by atomic mass is 10.3. The van der Waals surface area contributed by atoms with E-state index in [2.05, 4.69) is 10.3 Å². The predicted octanol–water partition coefficient (Wildman–Crippen LogP) is 4.09. The molecule has 0 spiro atoms. The minimum Gasteiger partial charge on any atom is -0.332 e. The Kier molecular flexibility index (Phi) is 3.03. The predicted molar refractivity (Wildman–Crippen MR) is 76.0 cm³/mol. The standard InChI is InChI=1S/C13H8FN3O2S/c14-8-1-6-11-12(7-8)20-13(16-11)15-9-2-4-10(5-3-9)17(18)19/h1-7H,(H,15,16). The molecule has 5 nitrogen and oxygen atoms in total. The van der Waals surface area contributed by atoms with Gasteiger partial charge in [0.05, 0.1) is 15.1 Å². The van der Waals surface area contributed by atoms with Crippen LogP contribution in [-0.2, 0) is 0 Å². The average Bonchev–Trinajstić information content (AvgIpc) is 2.80. The summed E-state index contributed by atoms with van der Waals surface area (Å²) in [7, 11) is 0. The van der Waals surface area contributed by atoms with Crippen LogP contribution in [0.15, 0.2) is 42.5 Å². The van der Waals surface area contributed by atoms with Crippen molar-refractivity contribution in [3.63, 3.8) is 0 Å². The van der Waals surface area contributed by atoms with Crippen molar-refractivity contribution in [1.82, 2.24) is 4.98 Å². The molecule has 0 atom stereocenters. The number of nitrogens with one attached hydrogen (secondary N) is 1. The Hall–Kier alpha value is -2.54. The molecule has 1 N–H and O–H groups in total. The molecule has 2 aromatic carbocycles. The minimum absolute atomic E-state index is 0.0296. The summed E-state index contributed by atoms with van der Waals surface area (Å²) in [4.78, 5) is 14.4. The Bertz CT molecular complexity index is 786. The maximum atomic E-state index is 13.1. The number of hydrogen-bond donors (Lipinski definition) is 1. The summed E-state index contributed by atoms with van der Waals surface area (Å²) in [5.41, 5.74) is 1.43. The number of nitro groups is 1. The van der Waals surface area contributed by atoms with Gasteiger partial charge >= 0.3 is 0 Å². The number of thiazole rings is 1. The number of aromatic nitrogens is 1. The molecule has 0 saturated heterocycles. The lowest BCUT2D eigenvalue weighted by Gasteiger charge is -2.00. The van der Waals surface area contributed by atoms with Gasteiger partial charge in [0.2, 0.25) is 0 Å². The van der Waals surface area contributed by atoms with Gasteiger partial charge in [0.25, 0.3) is 5.69 Å². The second-order valence-corrected chi connectivity index (χ2v) is 5.09. The maximum Gasteiger partial charge on any atom is 0.269 e. The highest BCUT2D eigenvalue weighted by molar-refractivity contribution is 7.22. The maximum absolute atomic E-state index is 13.1. The zero-order valence-electron chi connectivity index (χ0n) is 10.0. The van der Waals surface area contributed by atoms with Gasteiger partial charge in [0, 0.05) is 17.8 Å². The fraction of sp³-hybridized carbons (Fsp3) is 0. The molecule has 0 aliphatic rings. The largest absolute Gasteiger partial charge is 0.332 e. The Morgan fingerprint density at radius 2 is 1.95 bits per heavy atom. The normalized spacial score (nSPS) is 10.7. The molecule has 0 unspecified atom stereocenters. The molecule has 0 radical (unpaired) electrons. The smallest absolute Gasteiger partial charge is 0.269 e. The van der Waals surface area contributed by atoms with E-state index in [1.54, 1.807) is 18.2 Å². The van der Waals surface area contributed by atoms with E-state index in [4.69, 9.17) is 0 Å². The zero-order chi connectivity index (χ0) is 14.1. The molecule has 7 heteroatoms. The number of rotatable bonds is 3. The highest BCUT2D eigenvalue weighted by atomic mass is 32.1. The van der Waals surface area contributed by atoms with Gasteiger partial charge in [-0.3, -0.25) is 10.1 Å². The summed E-state index contributed by atoms with van der Waals surface area (Å²) in [5.74, 6) is -0.303. The van der Waals surface area contributed by atoms with Crippen LogP contribution < -0.4 is 5.32 Å². The second-order valence-electron chi connectivity index (χ2n) is 4.06. The second kappa shape index (κ2) is 4.86. The van der Waals surface area contributed by atoms with Crippen LogP contribution in [-0.4, -0.2) is 9.91 Å². The molecule has 0 amide bonds. The summed E-state index contributed by atoms with van der Waals surface area (Å²) in [6, 6.07) is 10.4. The number of hydrogen-bond acceptors (Lipinski definition) is 5. The molecule has 3 rings (SSSR count). The van der Waals surface area contributed by atoms with Crippen molar-refractivity contribution in [2.45, 2.75) is 0 Å². The van der Waals surface area contributed by atoms with Crippen molar-refractivity contribution in [3.8, 4) is 0 Å². The van der Waals surface area contributed by atoms with Crippen molar-refractivity contribution in [1.29, 1.82) is 0 Å². The Morgan fingerprint density at radius 3 is 2.65 bits per heavy atom. The third kappa shape index (κ3) is 2.43. The summed E-state index contributed by atoms with van der Waals surface area (Å²) < 4.78 is 13.8. The molecule has 1 heterocycles. The van der Waals surface area contributed by atoms with Gasteiger partial charge in [-0.1, -0.05) is 11.3 Å².